The van der Waals surface area contributed by atoms with Gasteiger partial charge in [0.2, 0.25) is 0 Å². The summed E-state index contributed by atoms with van der Waals surface area (Å²) in [6.45, 7) is 9.75. The first-order chi connectivity index (χ1) is 16.7. The lowest BCUT2D eigenvalue weighted by Gasteiger charge is -2.37. The van der Waals surface area contributed by atoms with E-state index >= 15 is 0 Å². The van der Waals surface area contributed by atoms with Gasteiger partial charge >= 0.3 is 0 Å². The normalized spacial score (nSPS) is 21.6. The molecule has 9 heteroatoms. The van der Waals surface area contributed by atoms with Crippen LogP contribution in [0, 0.1) is 12.0 Å². The summed E-state index contributed by atoms with van der Waals surface area (Å²) in [5, 5.41) is 4.85. The van der Waals surface area contributed by atoms with E-state index in [4.69, 9.17) is 10.8 Å². The molecule has 1 atom stereocenters. The molecule has 0 aromatic carbocycles. The summed E-state index contributed by atoms with van der Waals surface area (Å²) < 4.78 is 0. The number of hydrogen-bond donors (Lipinski definition) is 2. The van der Waals surface area contributed by atoms with Crippen LogP contribution in [0.2, 0.25) is 0 Å². The lowest BCUT2D eigenvalue weighted by Crippen LogP contribution is -2.45. The number of pyridine rings is 1. The summed E-state index contributed by atoms with van der Waals surface area (Å²) in [5.41, 5.74) is 4.55. The van der Waals surface area contributed by atoms with E-state index in [0.717, 1.165) is 62.6 Å². The van der Waals surface area contributed by atoms with Crippen LogP contribution < -0.4 is 11.2 Å². The van der Waals surface area contributed by atoms with Crippen molar-refractivity contribution in [3.8, 4) is 12.0 Å². The number of hydrogen-bond acceptors (Lipinski definition) is 9. The summed E-state index contributed by atoms with van der Waals surface area (Å²) in [5.74, 6) is 9.74. The van der Waals surface area contributed by atoms with Crippen LogP contribution in [0.5, 0.6) is 0 Å². The van der Waals surface area contributed by atoms with Crippen molar-refractivity contribution in [2.75, 3.05) is 57.7 Å². The fourth-order valence-electron chi connectivity index (χ4n) is 4.53. The van der Waals surface area contributed by atoms with E-state index in [2.05, 4.69) is 67.2 Å². The van der Waals surface area contributed by atoms with Gasteiger partial charge in [0, 0.05) is 62.8 Å². The van der Waals surface area contributed by atoms with Crippen molar-refractivity contribution < 1.29 is 0 Å². The van der Waals surface area contributed by atoms with Crippen LogP contribution in [0.4, 0.5) is 5.82 Å². The number of rotatable bonds is 4. The number of aromatic nitrogens is 3. The Labute approximate surface area is 200 Å². The van der Waals surface area contributed by atoms with Crippen molar-refractivity contribution in [2.24, 2.45) is 10.8 Å². The number of nitrogens with two attached hydrogens (primary N) is 1. The molecular formula is C25H31N9. The average molecular weight is 458 g/mol. The van der Waals surface area contributed by atoms with Gasteiger partial charge in [-0.2, -0.15) is 0 Å². The summed E-state index contributed by atoms with van der Waals surface area (Å²) in [4.78, 5) is 23.3. The highest BCUT2D eigenvalue weighted by atomic mass is 15.4. The minimum Gasteiger partial charge on any atom is -0.369 e. The van der Waals surface area contributed by atoms with Gasteiger partial charge in [-0.05, 0) is 31.0 Å². The van der Waals surface area contributed by atoms with Gasteiger partial charge in [-0.15, -0.1) is 0 Å². The number of aliphatic imine (C=N–C) groups is 1. The van der Waals surface area contributed by atoms with Crippen molar-refractivity contribution in [1.29, 1.82) is 0 Å². The van der Waals surface area contributed by atoms with Crippen LogP contribution in [0.3, 0.4) is 0 Å². The third-order valence-electron chi connectivity index (χ3n) is 6.55. The van der Waals surface area contributed by atoms with Crippen LogP contribution in [0.25, 0.3) is 11.0 Å². The fourth-order valence-corrected chi connectivity index (χ4v) is 4.53. The number of nitrogens with one attached hydrogen (secondary N) is 1. The Morgan fingerprint density at radius 3 is 2.76 bits per heavy atom. The summed E-state index contributed by atoms with van der Waals surface area (Å²) >= 11 is 0. The van der Waals surface area contributed by atoms with Gasteiger partial charge in [0.05, 0.1) is 24.3 Å². The van der Waals surface area contributed by atoms with Gasteiger partial charge in [-0.3, -0.25) is 21.1 Å². The molecule has 1 fully saturated rings. The Morgan fingerprint density at radius 2 is 2.00 bits per heavy atom. The molecule has 3 N–H and O–H groups in total. The molecule has 0 amide bonds. The Balaban J connectivity index is 1.32. The van der Waals surface area contributed by atoms with Crippen LogP contribution >= 0.6 is 0 Å². The quantitative estimate of drug-likeness (QED) is 0.406. The molecule has 34 heavy (non-hydrogen) atoms. The Kier molecular flexibility index (Phi) is 6.81. The highest BCUT2D eigenvalue weighted by molar-refractivity contribution is 6.02. The molecule has 4 heterocycles. The predicted molar refractivity (Wildman–Crippen MR) is 135 cm³/mol. The van der Waals surface area contributed by atoms with E-state index in [1.807, 2.05) is 6.07 Å². The number of hydrazine groups is 1. The van der Waals surface area contributed by atoms with Gasteiger partial charge in [-0.1, -0.05) is 19.1 Å². The van der Waals surface area contributed by atoms with E-state index in [1.54, 1.807) is 17.4 Å². The zero-order valence-electron chi connectivity index (χ0n) is 19.6. The van der Waals surface area contributed by atoms with E-state index < -0.39 is 0 Å². The molecule has 1 unspecified atom stereocenters. The van der Waals surface area contributed by atoms with Crippen LogP contribution in [0.1, 0.15) is 25.0 Å². The van der Waals surface area contributed by atoms with Crippen LogP contribution in [-0.2, 0) is 0 Å². The van der Waals surface area contributed by atoms with Crippen molar-refractivity contribution in [3.05, 3.63) is 48.1 Å². The van der Waals surface area contributed by atoms with Gasteiger partial charge in [0.25, 0.3) is 0 Å². The molecule has 3 aliphatic rings. The first kappa shape index (κ1) is 22.5. The molecule has 1 aliphatic carbocycles. The highest BCUT2D eigenvalue weighted by Gasteiger charge is 2.21. The highest BCUT2D eigenvalue weighted by Crippen LogP contribution is 2.30. The maximum atomic E-state index is 5.87. The molecule has 176 valence electrons. The third kappa shape index (κ3) is 5.09. The predicted octanol–water partition coefficient (Wildman–Crippen LogP) is 1.59. The molecule has 2 aliphatic heterocycles. The largest absolute Gasteiger partial charge is 0.369 e. The molecule has 1 saturated heterocycles. The Morgan fingerprint density at radius 1 is 1.15 bits per heavy atom. The topological polar surface area (TPSA) is 98.8 Å². The van der Waals surface area contributed by atoms with Crippen molar-refractivity contribution in [2.45, 2.75) is 19.3 Å². The zero-order valence-corrected chi connectivity index (χ0v) is 19.6. The maximum absolute atomic E-state index is 5.87. The second-order valence-electron chi connectivity index (χ2n) is 8.75. The van der Waals surface area contributed by atoms with Crippen LogP contribution in [-0.4, -0.2) is 87.8 Å². The SMILES string of the molecule is CCN1CCN(C2=CCC(c3cc4nccnc4c(NC#CC4=NCCN(N)C4)n3)C=C2)CC1. The Bertz CT molecular complexity index is 1180. The summed E-state index contributed by atoms with van der Waals surface area (Å²) in [6, 6.07) is 5.02. The molecule has 0 saturated carbocycles. The number of allylic oxidation sites excluding steroid dienone is 3. The van der Waals surface area contributed by atoms with Gasteiger partial charge in [-0.25, -0.2) is 15.0 Å². The first-order valence-corrected chi connectivity index (χ1v) is 12.0. The van der Waals surface area contributed by atoms with Crippen LogP contribution in [0.15, 0.2) is 47.4 Å². The smallest absolute Gasteiger partial charge is 0.166 e. The molecule has 9 nitrogen and oxygen atoms in total. The van der Waals surface area contributed by atoms with Crippen molar-refractivity contribution in [3.63, 3.8) is 0 Å². The molecule has 0 bridgehead atoms. The minimum absolute atomic E-state index is 0.189. The molecular weight excluding hydrogens is 426 g/mol. The lowest BCUT2D eigenvalue weighted by molar-refractivity contribution is 0.168. The Hall–Kier alpha value is -3.32. The minimum atomic E-state index is 0.189. The number of fused-ring (bicyclic) bond motifs is 1. The maximum Gasteiger partial charge on any atom is 0.166 e. The number of nitrogens with zero attached hydrogens (tertiary/aromatic N) is 7. The van der Waals surface area contributed by atoms with Gasteiger partial charge in [0.1, 0.15) is 11.2 Å². The van der Waals surface area contributed by atoms with E-state index in [0.29, 0.717) is 24.4 Å². The lowest BCUT2D eigenvalue weighted by atomic mass is 9.94. The molecule has 0 spiro atoms. The second-order valence-corrected chi connectivity index (χ2v) is 8.75. The number of anilines is 1. The van der Waals surface area contributed by atoms with E-state index in [1.165, 1.54) is 5.70 Å². The van der Waals surface area contributed by atoms with E-state index in [9.17, 15) is 0 Å². The van der Waals surface area contributed by atoms with Gasteiger partial charge in [0.15, 0.2) is 5.82 Å². The van der Waals surface area contributed by atoms with Gasteiger partial charge < -0.3 is 9.80 Å². The summed E-state index contributed by atoms with van der Waals surface area (Å²) in [6.07, 6.45) is 11.1. The van der Waals surface area contributed by atoms with E-state index in [-0.39, 0.29) is 5.92 Å². The van der Waals surface area contributed by atoms with Crippen molar-refractivity contribution >= 4 is 22.6 Å². The molecule has 2 aromatic heterocycles. The third-order valence-corrected chi connectivity index (χ3v) is 6.55. The molecule has 2 aromatic rings. The number of likely N-dealkylation sites (N-methyl/N-ethyl adjacent to an activating group) is 1. The summed E-state index contributed by atoms with van der Waals surface area (Å²) in [7, 11) is 0. The van der Waals surface area contributed by atoms with Crippen molar-refractivity contribution in [1.82, 2.24) is 29.8 Å². The monoisotopic (exact) mass is 457 g/mol. The number of piperazine rings is 1. The fraction of sp³-hybridized carbons (Fsp3) is 0.440. The average Bonchev–Trinajstić information content (AvgIpc) is 2.89. The second kappa shape index (κ2) is 10.3. The molecule has 5 rings (SSSR count). The molecule has 0 radical (unpaired) electrons. The first-order valence-electron chi connectivity index (χ1n) is 12.0. The zero-order chi connectivity index (χ0) is 23.3. The standard InChI is InChI=1S/C25H31N9/c1-2-32-13-15-33(16-14-32)21-5-3-19(4-6-21)22-17-23-24(29-10-9-28-23)25(31-22)30-8-7-20-18-34(26)12-11-27-20/h3,5-6,9-10,17,19H,2,4,11-16,18,26H2,1H3,(H,30,31).